The zero-order valence-corrected chi connectivity index (χ0v) is 43.7. The molecule has 1 amide bonds. The molecular weight excluding hydrogens is 787 g/mol. The zero-order chi connectivity index (χ0) is 46.5. The second-order valence-electron chi connectivity index (χ2n) is 20.6. The van der Waals surface area contributed by atoms with Gasteiger partial charge in [-0.2, -0.15) is 0 Å². The van der Waals surface area contributed by atoms with E-state index in [-0.39, 0.29) is 12.5 Å². The maximum atomic E-state index is 12.5. The molecule has 0 saturated carbocycles. The molecule has 0 aliphatic carbocycles. The van der Waals surface area contributed by atoms with Crippen LogP contribution in [0, 0.1) is 0 Å². The van der Waals surface area contributed by atoms with Crippen LogP contribution in [0.2, 0.25) is 0 Å². The summed E-state index contributed by atoms with van der Waals surface area (Å²) < 4.78 is 0. The third-order valence-electron chi connectivity index (χ3n) is 14.1. The van der Waals surface area contributed by atoms with E-state index in [0.29, 0.717) is 12.8 Å². The highest BCUT2D eigenvalue weighted by atomic mass is 16.3. The van der Waals surface area contributed by atoms with E-state index in [1.165, 1.54) is 270 Å². The van der Waals surface area contributed by atoms with Crippen LogP contribution in [0.3, 0.4) is 0 Å². The predicted octanol–water partition coefficient (Wildman–Crippen LogP) is 18.3. The number of allylic oxidation sites excluding steroid dienone is 2. The van der Waals surface area contributed by atoms with Crippen molar-refractivity contribution in [2.45, 2.75) is 353 Å². The highest BCUT2D eigenvalue weighted by Gasteiger charge is 2.26. The van der Waals surface area contributed by atoms with Gasteiger partial charge in [0.2, 0.25) is 5.91 Å². The summed E-state index contributed by atoms with van der Waals surface area (Å²) >= 11 is 0. The van der Waals surface area contributed by atoms with E-state index in [1.807, 2.05) is 0 Å². The van der Waals surface area contributed by atoms with Gasteiger partial charge in [0.05, 0.1) is 18.8 Å². The molecule has 5 nitrogen and oxygen atoms in total. The molecule has 0 radical (unpaired) electrons. The lowest BCUT2D eigenvalue weighted by molar-refractivity contribution is -0.124. The average Bonchev–Trinajstić information content (AvgIpc) is 3.30. The van der Waals surface area contributed by atoms with Gasteiger partial charge in [-0.25, -0.2) is 0 Å². The van der Waals surface area contributed by atoms with Crippen molar-refractivity contribution in [3.8, 4) is 0 Å². The molecule has 382 valence electrons. The number of aliphatic hydroxyl groups excluding tert-OH is 3. The van der Waals surface area contributed by atoms with E-state index >= 15 is 0 Å². The standard InChI is InChI=1S/C59H117NO4/c1-3-5-7-9-11-13-15-17-19-21-23-25-26-27-28-29-30-31-32-33-34-36-38-40-42-44-46-48-50-52-54-58(63)60-56(55-61)59(64)57(62)53-51-49-47-45-43-41-39-37-35-24-22-20-18-16-14-12-10-8-6-4-2/h45,47,56-57,59,61-62,64H,3-44,46,48-55H2,1-2H3,(H,60,63)/b47-45+. The minimum absolute atomic E-state index is 0.146. The molecular formula is C59H117NO4. The van der Waals surface area contributed by atoms with Crippen molar-refractivity contribution in [1.29, 1.82) is 0 Å². The maximum Gasteiger partial charge on any atom is 0.220 e. The summed E-state index contributed by atoms with van der Waals surface area (Å²) in [7, 11) is 0. The molecule has 3 atom stereocenters. The fourth-order valence-electron chi connectivity index (χ4n) is 9.58. The number of amides is 1. The number of hydrogen-bond acceptors (Lipinski definition) is 4. The van der Waals surface area contributed by atoms with Crippen LogP contribution in [0.15, 0.2) is 12.2 Å². The van der Waals surface area contributed by atoms with E-state index in [9.17, 15) is 20.1 Å². The van der Waals surface area contributed by atoms with E-state index < -0.39 is 18.2 Å². The molecule has 0 aromatic rings. The summed E-state index contributed by atoms with van der Waals surface area (Å²) in [6.07, 6.45) is 68.1. The Bertz CT molecular complexity index is 909. The molecule has 0 spiro atoms. The molecule has 0 heterocycles. The molecule has 0 aromatic carbocycles. The lowest BCUT2D eigenvalue weighted by atomic mass is 10.0. The molecule has 0 aliphatic heterocycles. The number of carbonyl (C=O) groups excluding carboxylic acids is 1. The van der Waals surface area contributed by atoms with Gasteiger partial charge in [0, 0.05) is 6.42 Å². The van der Waals surface area contributed by atoms with Crippen LogP contribution in [0.4, 0.5) is 0 Å². The first-order valence-electron chi connectivity index (χ1n) is 29.5. The molecule has 0 aliphatic rings. The van der Waals surface area contributed by atoms with E-state index in [1.54, 1.807) is 0 Å². The first kappa shape index (κ1) is 63.1. The molecule has 5 heteroatoms. The third kappa shape index (κ3) is 49.0. The fourth-order valence-corrected chi connectivity index (χ4v) is 9.58. The molecule has 0 aromatic heterocycles. The Morgan fingerprint density at radius 3 is 0.906 bits per heavy atom. The molecule has 0 saturated heterocycles. The van der Waals surface area contributed by atoms with Crippen LogP contribution < -0.4 is 5.32 Å². The van der Waals surface area contributed by atoms with E-state index in [4.69, 9.17) is 0 Å². The summed E-state index contributed by atoms with van der Waals surface area (Å²) in [5.74, 6) is -0.146. The summed E-state index contributed by atoms with van der Waals surface area (Å²) in [5.41, 5.74) is 0. The Morgan fingerprint density at radius 2 is 0.625 bits per heavy atom. The van der Waals surface area contributed by atoms with Gasteiger partial charge in [0.15, 0.2) is 0 Å². The van der Waals surface area contributed by atoms with Gasteiger partial charge in [0.1, 0.15) is 6.10 Å². The number of nitrogens with one attached hydrogen (secondary N) is 1. The van der Waals surface area contributed by atoms with Gasteiger partial charge < -0.3 is 20.6 Å². The van der Waals surface area contributed by atoms with E-state index in [0.717, 1.165) is 38.5 Å². The van der Waals surface area contributed by atoms with Crippen LogP contribution in [-0.4, -0.2) is 46.1 Å². The van der Waals surface area contributed by atoms with Crippen LogP contribution >= 0.6 is 0 Å². The number of aliphatic hydroxyl groups is 3. The molecule has 0 rings (SSSR count). The maximum absolute atomic E-state index is 12.5. The monoisotopic (exact) mass is 904 g/mol. The Kier molecular flexibility index (Phi) is 53.9. The topological polar surface area (TPSA) is 89.8 Å². The first-order valence-corrected chi connectivity index (χ1v) is 29.5. The van der Waals surface area contributed by atoms with Gasteiger partial charge in [-0.05, 0) is 38.5 Å². The van der Waals surface area contributed by atoms with Gasteiger partial charge in [-0.3, -0.25) is 4.79 Å². The lowest BCUT2D eigenvalue weighted by Crippen LogP contribution is -2.50. The SMILES string of the molecule is CCCCCCCCCCCCCCCCC/C=C/CCCC(O)C(O)C(CO)NC(=O)CCCCCCCCCCCCCCCCCCCCCCCCCCCCCCCC. The highest BCUT2D eigenvalue weighted by Crippen LogP contribution is 2.18. The molecule has 3 unspecified atom stereocenters. The van der Waals surface area contributed by atoms with Crippen molar-refractivity contribution >= 4 is 5.91 Å². The van der Waals surface area contributed by atoms with Gasteiger partial charge >= 0.3 is 0 Å². The van der Waals surface area contributed by atoms with Crippen molar-refractivity contribution in [3.05, 3.63) is 12.2 Å². The van der Waals surface area contributed by atoms with Crippen molar-refractivity contribution in [1.82, 2.24) is 5.32 Å². The summed E-state index contributed by atoms with van der Waals surface area (Å²) in [4.78, 5) is 12.5. The van der Waals surface area contributed by atoms with Gasteiger partial charge in [0.25, 0.3) is 0 Å². The largest absolute Gasteiger partial charge is 0.394 e. The predicted molar refractivity (Wildman–Crippen MR) is 282 cm³/mol. The first-order chi connectivity index (χ1) is 31.6. The minimum atomic E-state index is -1.16. The second kappa shape index (κ2) is 54.7. The third-order valence-corrected chi connectivity index (χ3v) is 14.1. The molecule has 0 bridgehead atoms. The second-order valence-corrected chi connectivity index (χ2v) is 20.6. The minimum Gasteiger partial charge on any atom is -0.394 e. The fraction of sp³-hybridized carbons (Fsp3) is 0.949. The normalized spacial score (nSPS) is 13.3. The van der Waals surface area contributed by atoms with Crippen molar-refractivity contribution in [3.63, 3.8) is 0 Å². The Hall–Kier alpha value is -0.910. The average molecular weight is 905 g/mol. The molecule has 4 N–H and O–H groups in total. The summed E-state index contributed by atoms with van der Waals surface area (Å²) in [6.45, 7) is 4.21. The van der Waals surface area contributed by atoms with Gasteiger partial charge in [-0.1, -0.05) is 302 Å². The lowest BCUT2D eigenvalue weighted by Gasteiger charge is -2.26. The Labute approximate surface area is 401 Å². The molecule has 64 heavy (non-hydrogen) atoms. The van der Waals surface area contributed by atoms with Crippen molar-refractivity contribution in [2.75, 3.05) is 6.61 Å². The Balaban J connectivity index is 3.50. The Morgan fingerprint density at radius 1 is 0.375 bits per heavy atom. The summed E-state index contributed by atoms with van der Waals surface area (Å²) in [5, 5.41) is 33.8. The number of hydrogen-bond donors (Lipinski definition) is 4. The highest BCUT2D eigenvalue weighted by molar-refractivity contribution is 5.76. The van der Waals surface area contributed by atoms with Crippen molar-refractivity contribution in [2.24, 2.45) is 0 Å². The number of unbranched alkanes of at least 4 members (excludes halogenated alkanes) is 45. The molecule has 0 fully saturated rings. The quantitative estimate of drug-likeness (QED) is 0.0362. The zero-order valence-electron chi connectivity index (χ0n) is 43.7. The van der Waals surface area contributed by atoms with Crippen LogP contribution in [0.25, 0.3) is 0 Å². The van der Waals surface area contributed by atoms with Crippen LogP contribution in [0.1, 0.15) is 335 Å². The van der Waals surface area contributed by atoms with Gasteiger partial charge in [-0.15, -0.1) is 0 Å². The van der Waals surface area contributed by atoms with Crippen LogP contribution in [0.5, 0.6) is 0 Å². The number of carbonyl (C=O) groups is 1. The summed E-state index contributed by atoms with van der Waals surface area (Å²) in [6, 6.07) is -0.823. The number of rotatable bonds is 55. The van der Waals surface area contributed by atoms with Crippen molar-refractivity contribution < 1.29 is 20.1 Å². The van der Waals surface area contributed by atoms with E-state index in [2.05, 4.69) is 31.3 Å². The van der Waals surface area contributed by atoms with Crippen LogP contribution in [-0.2, 0) is 4.79 Å². The smallest absolute Gasteiger partial charge is 0.220 e.